The quantitative estimate of drug-likeness (QED) is 0.448. The van der Waals surface area contributed by atoms with Crippen molar-refractivity contribution in [3.05, 3.63) is 48.4 Å². The number of hydrogen-bond donors (Lipinski definition) is 3. The number of aromatic nitrogens is 5. The van der Waals surface area contributed by atoms with Gasteiger partial charge in [0.25, 0.3) is 5.95 Å². The summed E-state index contributed by atoms with van der Waals surface area (Å²) in [6.07, 6.45) is 0.330. The van der Waals surface area contributed by atoms with Gasteiger partial charge in [-0.25, -0.2) is 9.18 Å². The van der Waals surface area contributed by atoms with Gasteiger partial charge in [0.1, 0.15) is 22.0 Å². The molecule has 4 aromatic rings. The van der Waals surface area contributed by atoms with Crippen LogP contribution in [-0.2, 0) is 0 Å². The van der Waals surface area contributed by atoms with Gasteiger partial charge in [-0.1, -0.05) is 23.9 Å². The SMILES string of the molecule is CN(C(=O)O)c1c(N)nc(-n2nc(Sc3ccccc3F)c3ncccc32)nc1N. The molecule has 30 heavy (non-hydrogen) atoms. The summed E-state index contributed by atoms with van der Waals surface area (Å²) in [6.45, 7) is 0. The minimum Gasteiger partial charge on any atom is -0.465 e. The molecule has 0 fully saturated rings. The average molecular weight is 426 g/mol. The van der Waals surface area contributed by atoms with Gasteiger partial charge in [-0.2, -0.15) is 19.7 Å². The Hall–Kier alpha value is -3.93. The molecular formula is C18H15FN8O2S. The summed E-state index contributed by atoms with van der Waals surface area (Å²) in [4.78, 5) is 25.1. The molecule has 3 aromatic heterocycles. The van der Waals surface area contributed by atoms with E-state index in [9.17, 15) is 14.3 Å². The third-order valence-electron chi connectivity index (χ3n) is 4.19. The van der Waals surface area contributed by atoms with Crippen LogP contribution in [0.5, 0.6) is 0 Å². The number of halogens is 1. The number of fused-ring (bicyclic) bond motifs is 1. The van der Waals surface area contributed by atoms with E-state index in [0.717, 1.165) is 16.7 Å². The van der Waals surface area contributed by atoms with Gasteiger partial charge in [0.2, 0.25) is 0 Å². The number of nitrogen functional groups attached to an aromatic ring is 2. The van der Waals surface area contributed by atoms with Crippen LogP contribution in [0.4, 0.5) is 26.5 Å². The standard InChI is InChI=1S/C18H15FN8O2S/c1-26(18(28)29)13-14(20)23-17(24-15(13)21)27-10-6-4-8-22-12(10)16(25-27)30-11-7-3-2-5-9(11)19/h2-8H,1H3,(H,28,29)(H4,20,21,23,24). The highest BCUT2D eigenvalue weighted by Gasteiger charge is 2.22. The predicted octanol–water partition coefficient (Wildman–Crippen LogP) is 2.78. The predicted molar refractivity (Wildman–Crippen MR) is 110 cm³/mol. The van der Waals surface area contributed by atoms with Gasteiger partial charge >= 0.3 is 6.09 Å². The maximum absolute atomic E-state index is 14.1. The highest BCUT2D eigenvalue weighted by Crippen LogP contribution is 2.34. The molecular weight excluding hydrogens is 411 g/mol. The Balaban J connectivity index is 1.84. The van der Waals surface area contributed by atoms with Crippen molar-refractivity contribution in [1.29, 1.82) is 0 Å². The third kappa shape index (κ3) is 3.33. The highest BCUT2D eigenvalue weighted by molar-refractivity contribution is 7.99. The summed E-state index contributed by atoms with van der Waals surface area (Å²) in [5, 5.41) is 14.1. The van der Waals surface area contributed by atoms with E-state index < -0.39 is 6.09 Å². The number of rotatable bonds is 4. The van der Waals surface area contributed by atoms with Gasteiger partial charge in [-0.05, 0) is 24.3 Å². The molecule has 1 aromatic carbocycles. The lowest BCUT2D eigenvalue weighted by molar-refractivity contribution is 0.203. The lowest BCUT2D eigenvalue weighted by Gasteiger charge is -2.17. The molecule has 4 rings (SSSR count). The van der Waals surface area contributed by atoms with Crippen molar-refractivity contribution in [1.82, 2.24) is 24.7 Å². The van der Waals surface area contributed by atoms with Crippen LogP contribution < -0.4 is 16.4 Å². The van der Waals surface area contributed by atoms with E-state index in [1.54, 1.807) is 36.5 Å². The largest absolute Gasteiger partial charge is 0.465 e. The Kier molecular flexibility index (Phi) is 4.83. The molecule has 10 nitrogen and oxygen atoms in total. The fourth-order valence-corrected chi connectivity index (χ4v) is 3.69. The number of carboxylic acid groups (broad SMARTS) is 1. The molecule has 0 aliphatic heterocycles. The molecule has 0 unspecified atom stereocenters. The van der Waals surface area contributed by atoms with E-state index in [0.29, 0.717) is 21.0 Å². The second kappa shape index (κ2) is 7.48. The normalized spacial score (nSPS) is 11.0. The fourth-order valence-electron chi connectivity index (χ4n) is 2.79. The molecule has 0 saturated heterocycles. The molecule has 0 saturated carbocycles. The number of benzene rings is 1. The molecule has 5 N–H and O–H groups in total. The summed E-state index contributed by atoms with van der Waals surface area (Å²) in [5.41, 5.74) is 12.9. The molecule has 0 radical (unpaired) electrons. The lowest BCUT2D eigenvalue weighted by Crippen LogP contribution is -2.27. The molecule has 0 spiro atoms. The molecule has 0 bridgehead atoms. The summed E-state index contributed by atoms with van der Waals surface area (Å²) in [5.74, 6) is -0.602. The highest BCUT2D eigenvalue weighted by atomic mass is 32.2. The third-order valence-corrected chi connectivity index (χ3v) is 5.21. The van der Waals surface area contributed by atoms with Gasteiger partial charge in [-0.3, -0.25) is 9.88 Å². The Morgan fingerprint density at radius 2 is 1.87 bits per heavy atom. The second-order valence-electron chi connectivity index (χ2n) is 6.10. The zero-order valence-electron chi connectivity index (χ0n) is 15.5. The maximum Gasteiger partial charge on any atom is 0.411 e. The topological polar surface area (TPSA) is 149 Å². The summed E-state index contributed by atoms with van der Waals surface area (Å²) >= 11 is 1.11. The van der Waals surface area contributed by atoms with E-state index in [4.69, 9.17) is 11.5 Å². The Morgan fingerprint density at radius 3 is 2.53 bits per heavy atom. The smallest absolute Gasteiger partial charge is 0.411 e. The molecule has 1 amide bonds. The van der Waals surface area contributed by atoms with Crippen molar-refractivity contribution >= 4 is 46.2 Å². The summed E-state index contributed by atoms with van der Waals surface area (Å²) in [7, 11) is 1.28. The number of hydrogen-bond acceptors (Lipinski definition) is 8. The Morgan fingerprint density at radius 1 is 1.17 bits per heavy atom. The van der Waals surface area contributed by atoms with E-state index in [1.165, 1.54) is 17.8 Å². The van der Waals surface area contributed by atoms with E-state index in [-0.39, 0.29) is 29.1 Å². The average Bonchev–Trinajstić information content (AvgIpc) is 3.07. The van der Waals surface area contributed by atoms with Crippen molar-refractivity contribution in [3.63, 3.8) is 0 Å². The molecule has 0 aliphatic rings. The van der Waals surface area contributed by atoms with Crippen molar-refractivity contribution < 1.29 is 14.3 Å². The van der Waals surface area contributed by atoms with Crippen molar-refractivity contribution in [2.45, 2.75) is 9.92 Å². The fraction of sp³-hybridized carbons (Fsp3) is 0.0556. The maximum atomic E-state index is 14.1. The first-order valence-corrected chi connectivity index (χ1v) is 9.34. The number of anilines is 3. The van der Waals surface area contributed by atoms with Crippen LogP contribution in [0, 0.1) is 5.82 Å². The first-order chi connectivity index (χ1) is 14.4. The summed E-state index contributed by atoms with van der Waals surface area (Å²) in [6, 6.07) is 9.77. The van der Waals surface area contributed by atoms with Gasteiger partial charge in [0.05, 0.1) is 5.52 Å². The van der Waals surface area contributed by atoms with Crippen LogP contribution in [0.25, 0.3) is 17.0 Å². The van der Waals surface area contributed by atoms with Crippen molar-refractivity contribution in [2.75, 3.05) is 23.4 Å². The molecule has 0 atom stereocenters. The van der Waals surface area contributed by atoms with Crippen LogP contribution in [0.1, 0.15) is 0 Å². The summed E-state index contributed by atoms with van der Waals surface area (Å²) < 4.78 is 15.5. The molecule has 0 aliphatic carbocycles. The van der Waals surface area contributed by atoms with Crippen molar-refractivity contribution in [2.24, 2.45) is 0 Å². The van der Waals surface area contributed by atoms with Crippen LogP contribution in [0.15, 0.2) is 52.5 Å². The first kappa shape index (κ1) is 19.4. The molecule has 12 heteroatoms. The zero-order valence-corrected chi connectivity index (χ0v) is 16.3. The minimum absolute atomic E-state index is 0.0261. The van der Waals surface area contributed by atoms with Gasteiger partial charge in [-0.15, -0.1) is 0 Å². The van der Waals surface area contributed by atoms with Crippen LogP contribution in [0.2, 0.25) is 0 Å². The van der Waals surface area contributed by atoms with Crippen LogP contribution in [0.3, 0.4) is 0 Å². The zero-order chi connectivity index (χ0) is 21.4. The monoisotopic (exact) mass is 426 g/mol. The lowest BCUT2D eigenvalue weighted by atomic mass is 10.3. The molecule has 152 valence electrons. The van der Waals surface area contributed by atoms with Gasteiger partial charge in [0, 0.05) is 18.1 Å². The van der Waals surface area contributed by atoms with Crippen LogP contribution in [-0.4, -0.2) is 43.0 Å². The second-order valence-corrected chi connectivity index (χ2v) is 7.14. The van der Waals surface area contributed by atoms with E-state index in [1.807, 2.05) is 0 Å². The Bertz CT molecular complexity index is 1260. The first-order valence-electron chi connectivity index (χ1n) is 8.53. The number of carbonyl (C=O) groups is 1. The number of pyridine rings is 1. The number of amides is 1. The number of nitrogens with zero attached hydrogens (tertiary/aromatic N) is 6. The van der Waals surface area contributed by atoms with E-state index in [2.05, 4.69) is 20.1 Å². The number of nitrogens with two attached hydrogens (primary N) is 2. The van der Waals surface area contributed by atoms with E-state index >= 15 is 0 Å². The Labute approximate surface area is 173 Å². The van der Waals surface area contributed by atoms with Crippen LogP contribution >= 0.6 is 11.8 Å². The molecule has 3 heterocycles. The van der Waals surface area contributed by atoms with Gasteiger partial charge < -0.3 is 16.6 Å². The van der Waals surface area contributed by atoms with Gasteiger partial charge in [0.15, 0.2) is 11.6 Å². The van der Waals surface area contributed by atoms with Crippen molar-refractivity contribution in [3.8, 4) is 5.95 Å². The minimum atomic E-state index is -1.26.